The molecule has 1 heterocycles. The van der Waals surface area contributed by atoms with Gasteiger partial charge >= 0.3 is 5.97 Å². The summed E-state index contributed by atoms with van der Waals surface area (Å²) >= 11 is 0. The molecule has 16 heavy (non-hydrogen) atoms. The number of carbonyl (C=O) groups excluding carboxylic acids is 1. The first kappa shape index (κ1) is 10.7. The molecule has 1 aliphatic rings. The van der Waals surface area contributed by atoms with Crippen molar-refractivity contribution in [1.82, 2.24) is 10.3 Å². The summed E-state index contributed by atoms with van der Waals surface area (Å²) in [5, 5.41) is 11.6. The molecule has 2 rings (SSSR count). The Hall–Kier alpha value is -1.85. The van der Waals surface area contributed by atoms with Crippen LogP contribution in [0.15, 0.2) is 10.8 Å². The minimum absolute atomic E-state index is 0.146. The van der Waals surface area contributed by atoms with Crippen LogP contribution >= 0.6 is 0 Å². The maximum atomic E-state index is 11.7. The van der Waals surface area contributed by atoms with E-state index in [2.05, 4.69) is 10.3 Å². The maximum absolute atomic E-state index is 11.7. The number of aromatic nitrogens is 1. The van der Waals surface area contributed by atoms with Crippen LogP contribution in [0, 0.1) is 6.92 Å². The Morgan fingerprint density at radius 2 is 2.25 bits per heavy atom. The standard InChI is InChI=1S/C10H12N2O4/c1-6-7(11-5-16-6)8(13)12-10(9(14)15)3-2-4-10/h5H,2-4H2,1H3,(H,12,13)(H,14,15). The highest BCUT2D eigenvalue weighted by Gasteiger charge is 2.46. The summed E-state index contributed by atoms with van der Waals surface area (Å²) in [5.74, 6) is -1.10. The second-order valence-electron chi connectivity index (χ2n) is 3.95. The highest BCUT2D eigenvalue weighted by Crippen LogP contribution is 2.32. The molecule has 2 N–H and O–H groups in total. The maximum Gasteiger partial charge on any atom is 0.329 e. The van der Waals surface area contributed by atoms with E-state index in [9.17, 15) is 9.59 Å². The van der Waals surface area contributed by atoms with Gasteiger partial charge in [0.1, 0.15) is 11.3 Å². The number of aryl methyl sites for hydroxylation is 1. The molecule has 0 spiro atoms. The third-order valence-electron chi connectivity index (χ3n) is 2.93. The molecule has 1 aromatic rings. The Kier molecular flexibility index (Phi) is 2.41. The number of rotatable bonds is 3. The fourth-order valence-corrected chi connectivity index (χ4v) is 1.72. The first-order valence-electron chi connectivity index (χ1n) is 5.01. The zero-order chi connectivity index (χ0) is 11.8. The molecule has 0 aliphatic heterocycles. The Morgan fingerprint density at radius 1 is 1.56 bits per heavy atom. The van der Waals surface area contributed by atoms with E-state index in [1.54, 1.807) is 6.92 Å². The number of nitrogens with one attached hydrogen (secondary N) is 1. The van der Waals surface area contributed by atoms with Crippen molar-refractivity contribution in [3.05, 3.63) is 17.8 Å². The molecule has 1 aliphatic carbocycles. The summed E-state index contributed by atoms with van der Waals surface area (Å²) in [6.45, 7) is 1.61. The fourth-order valence-electron chi connectivity index (χ4n) is 1.72. The number of hydrogen-bond donors (Lipinski definition) is 2. The van der Waals surface area contributed by atoms with E-state index in [0.717, 1.165) is 6.42 Å². The molecule has 6 nitrogen and oxygen atoms in total. The lowest BCUT2D eigenvalue weighted by atomic mass is 9.76. The molecule has 1 aromatic heterocycles. The van der Waals surface area contributed by atoms with Crippen LogP contribution in [0.1, 0.15) is 35.5 Å². The second-order valence-corrected chi connectivity index (χ2v) is 3.95. The number of hydrogen-bond acceptors (Lipinski definition) is 4. The van der Waals surface area contributed by atoms with Gasteiger partial charge in [0.2, 0.25) is 0 Å². The van der Waals surface area contributed by atoms with Crippen LogP contribution in [0.2, 0.25) is 0 Å². The molecule has 1 amide bonds. The molecule has 0 aromatic carbocycles. The Morgan fingerprint density at radius 3 is 2.62 bits per heavy atom. The van der Waals surface area contributed by atoms with Crippen molar-refractivity contribution < 1.29 is 19.1 Å². The smallest absolute Gasteiger partial charge is 0.329 e. The molecule has 1 saturated carbocycles. The summed E-state index contributed by atoms with van der Waals surface area (Å²) in [6.07, 6.45) is 2.90. The summed E-state index contributed by atoms with van der Waals surface area (Å²) < 4.78 is 4.89. The normalized spacial score (nSPS) is 17.6. The third-order valence-corrected chi connectivity index (χ3v) is 2.93. The van der Waals surface area contributed by atoms with Gasteiger partial charge in [-0.05, 0) is 26.2 Å². The molecule has 6 heteroatoms. The van der Waals surface area contributed by atoms with E-state index in [1.807, 2.05) is 0 Å². The first-order chi connectivity index (χ1) is 7.55. The summed E-state index contributed by atoms with van der Waals surface area (Å²) in [7, 11) is 0. The van der Waals surface area contributed by atoms with Crippen molar-refractivity contribution in [1.29, 1.82) is 0 Å². The van der Waals surface area contributed by atoms with Gasteiger partial charge in [0.15, 0.2) is 12.1 Å². The van der Waals surface area contributed by atoms with E-state index in [0.29, 0.717) is 18.6 Å². The van der Waals surface area contributed by atoms with Crippen molar-refractivity contribution in [3.63, 3.8) is 0 Å². The molecular formula is C10H12N2O4. The van der Waals surface area contributed by atoms with E-state index in [-0.39, 0.29) is 5.69 Å². The Bertz CT molecular complexity index is 434. The van der Waals surface area contributed by atoms with Crippen LogP contribution in [0.5, 0.6) is 0 Å². The second kappa shape index (κ2) is 3.62. The molecule has 0 bridgehead atoms. The number of carboxylic acids is 1. The number of oxazole rings is 1. The molecule has 86 valence electrons. The minimum atomic E-state index is -1.11. The van der Waals surface area contributed by atoms with Crippen molar-refractivity contribution in [2.75, 3.05) is 0 Å². The zero-order valence-corrected chi connectivity index (χ0v) is 8.82. The molecule has 0 radical (unpaired) electrons. The monoisotopic (exact) mass is 224 g/mol. The largest absolute Gasteiger partial charge is 0.480 e. The highest BCUT2D eigenvalue weighted by molar-refractivity contribution is 5.97. The number of carbonyl (C=O) groups is 2. The molecule has 0 atom stereocenters. The lowest BCUT2D eigenvalue weighted by Crippen LogP contribution is -2.59. The van der Waals surface area contributed by atoms with Crippen molar-refractivity contribution in [3.8, 4) is 0 Å². The first-order valence-corrected chi connectivity index (χ1v) is 5.01. The van der Waals surface area contributed by atoms with Crippen LogP contribution in [0.3, 0.4) is 0 Å². The van der Waals surface area contributed by atoms with Gasteiger partial charge in [0.05, 0.1) is 0 Å². The van der Waals surface area contributed by atoms with Gasteiger partial charge in [-0.2, -0.15) is 0 Å². The van der Waals surface area contributed by atoms with Crippen LogP contribution in [0.25, 0.3) is 0 Å². The van der Waals surface area contributed by atoms with Gasteiger partial charge in [0.25, 0.3) is 5.91 Å². The molecular weight excluding hydrogens is 212 g/mol. The van der Waals surface area contributed by atoms with Crippen molar-refractivity contribution in [2.45, 2.75) is 31.7 Å². The van der Waals surface area contributed by atoms with E-state index in [1.165, 1.54) is 6.39 Å². The molecule has 0 saturated heterocycles. The lowest BCUT2D eigenvalue weighted by molar-refractivity contribution is -0.148. The average molecular weight is 224 g/mol. The number of carboxylic acid groups (broad SMARTS) is 1. The van der Waals surface area contributed by atoms with E-state index >= 15 is 0 Å². The van der Waals surface area contributed by atoms with E-state index < -0.39 is 17.4 Å². The predicted molar refractivity (Wildman–Crippen MR) is 52.9 cm³/mol. The fraction of sp³-hybridized carbons (Fsp3) is 0.500. The van der Waals surface area contributed by atoms with E-state index in [4.69, 9.17) is 9.52 Å². The summed E-state index contributed by atoms with van der Waals surface area (Å²) in [5.41, 5.74) is -0.963. The number of nitrogens with zero attached hydrogens (tertiary/aromatic N) is 1. The van der Waals surface area contributed by atoms with Crippen LogP contribution in [0.4, 0.5) is 0 Å². The van der Waals surface area contributed by atoms with Gasteiger partial charge < -0.3 is 14.8 Å². The van der Waals surface area contributed by atoms with Gasteiger partial charge in [-0.3, -0.25) is 4.79 Å². The van der Waals surface area contributed by atoms with Gasteiger partial charge in [0, 0.05) is 0 Å². The highest BCUT2D eigenvalue weighted by atomic mass is 16.4. The Balaban J connectivity index is 2.13. The van der Waals surface area contributed by atoms with Gasteiger partial charge in [-0.15, -0.1) is 0 Å². The summed E-state index contributed by atoms with van der Waals surface area (Å²) in [4.78, 5) is 26.5. The SMILES string of the molecule is Cc1ocnc1C(=O)NC1(C(=O)O)CCC1. The third kappa shape index (κ3) is 1.56. The van der Waals surface area contributed by atoms with Gasteiger partial charge in [-0.1, -0.05) is 0 Å². The van der Waals surface area contributed by atoms with Crippen molar-refractivity contribution >= 4 is 11.9 Å². The van der Waals surface area contributed by atoms with Crippen molar-refractivity contribution in [2.24, 2.45) is 0 Å². The molecule has 0 unspecified atom stereocenters. The lowest BCUT2D eigenvalue weighted by Gasteiger charge is -2.37. The summed E-state index contributed by atoms with van der Waals surface area (Å²) in [6, 6.07) is 0. The van der Waals surface area contributed by atoms with Crippen LogP contribution in [-0.4, -0.2) is 27.5 Å². The van der Waals surface area contributed by atoms with Crippen LogP contribution < -0.4 is 5.32 Å². The molecule has 1 fully saturated rings. The van der Waals surface area contributed by atoms with Gasteiger partial charge in [-0.25, -0.2) is 9.78 Å². The Labute approximate surface area is 91.7 Å². The minimum Gasteiger partial charge on any atom is -0.480 e. The number of amides is 1. The average Bonchev–Trinajstić information content (AvgIpc) is 2.57. The predicted octanol–water partition coefficient (Wildman–Crippen LogP) is 0.720. The number of aliphatic carboxylic acids is 1. The quantitative estimate of drug-likeness (QED) is 0.789. The topological polar surface area (TPSA) is 92.4 Å². The van der Waals surface area contributed by atoms with Crippen LogP contribution in [-0.2, 0) is 4.79 Å². The zero-order valence-electron chi connectivity index (χ0n) is 8.82.